The molecule has 4 heteroatoms. The third-order valence-electron chi connectivity index (χ3n) is 2.28. The van der Waals surface area contributed by atoms with Crippen molar-refractivity contribution in [2.45, 2.75) is 25.9 Å². The third-order valence-corrected chi connectivity index (χ3v) is 3.44. The summed E-state index contributed by atoms with van der Waals surface area (Å²) in [6, 6.07) is 0. The molecule has 1 saturated heterocycles. The number of carbonyl (C=O) groups is 1. The van der Waals surface area contributed by atoms with Crippen LogP contribution in [0.25, 0.3) is 0 Å². The van der Waals surface area contributed by atoms with Gasteiger partial charge >= 0.3 is 0 Å². The predicted molar refractivity (Wildman–Crippen MR) is 59.4 cm³/mol. The van der Waals surface area contributed by atoms with Crippen LogP contribution in [0.5, 0.6) is 0 Å². The van der Waals surface area contributed by atoms with E-state index in [9.17, 15) is 9.90 Å². The third kappa shape index (κ3) is 3.50. The van der Waals surface area contributed by atoms with Gasteiger partial charge in [-0.15, -0.1) is 0 Å². The Balaban J connectivity index is 2.43. The van der Waals surface area contributed by atoms with Crippen LogP contribution in [0.2, 0.25) is 0 Å². The molecule has 14 heavy (non-hydrogen) atoms. The Kier molecular flexibility index (Phi) is 3.84. The van der Waals surface area contributed by atoms with Gasteiger partial charge in [0.2, 0.25) is 5.91 Å². The summed E-state index contributed by atoms with van der Waals surface area (Å²) in [5.74, 6) is 2.38. The topological polar surface area (TPSA) is 40.5 Å². The van der Waals surface area contributed by atoms with Crippen LogP contribution in [0.3, 0.4) is 0 Å². The van der Waals surface area contributed by atoms with Crippen LogP contribution in [-0.4, -0.2) is 46.6 Å². The van der Waals surface area contributed by atoms with Gasteiger partial charge in [-0.3, -0.25) is 4.79 Å². The fourth-order valence-corrected chi connectivity index (χ4v) is 2.91. The number of carbonyl (C=O) groups excluding carboxylic acids is 1. The molecule has 1 rings (SSSR count). The first-order valence-electron chi connectivity index (χ1n) is 4.95. The SMILES string of the molecule is CN(CC(C)(C)O)C(=O)C1CCSC1. The minimum atomic E-state index is -0.795. The molecule has 0 bridgehead atoms. The molecule has 1 unspecified atom stereocenters. The molecule has 1 amide bonds. The summed E-state index contributed by atoms with van der Waals surface area (Å²) >= 11 is 1.84. The Morgan fingerprint density at radius 2 is 2.29 bits per heavy atom. The molecular formula is C10H19NO2S. The van der Waals surface area contributed by atoms with Gasteiger partial charge in [0.25, 0.3) is 0 Å². The lowest BCUT2D eigenvalue weighted by Gasteiger charge is -2.27. The Hall–Kier alpha value is -0.220. The van der Waals surface area contributed by atoms with Crippen molar-refractivity contribution in [3.63, 3.8) is 0 Å². The summed E-state index contributed by atoms with van der Waals surface area (Å²) in [5, 5.41) is 9.58. The molecule has 1 atom stereocenters. The first-order chi connectivity index (χ1) is 6.40. The highest BCUT2D eigenvalue weighted by Crippen LogP contribution is 2.25. The van der Waals surface area contributed by atoms with Crippen molar-refractivity contribution < 1.29 is 9.90 Å². The molecule has 0 aliphatic carbocycles. The fraction of sp³-hybridized carbons (Fsp3) is 0.900. The molecule has 1 aliphatic heterocycles. The van der Waals surface area contributed by atoms with Crippen molar-refractivity contribution in [2.24, 2.45) is 5.92 Å². The average Bonchev–Trinajstić information content (AvgIpc) is 2.51. The van der Waals surface area contributed by atoms with E-state index in [1.807, 2.05) is 11.8 Å². The molecule has 0 saturated carbocycles. The number of thioether (sulfide) groups is 1. The van der Waals surface area contributed by atoms with Gasteiger partial charge in [0, 0.05) is 25.3 Å². The monoisotopic (exact) mass is 217 g/mol. The Morgan fingerprint density at radius 1 is 1.64 bits per heavy atom. The predicted octanol–water partition coefficient (Wildman–Crippen LogP) is 0.969. The van der Waals surface area contributed by atoms with Gasteiger partial charge in [-0.1, -0.05) is 0 Å². The van der Waals surface area contributed by atoms with E-state index in [4.69, 9.17) is 0 Å². The maximum atomic E-state index is 11.8. The number of hydrogen-bond donors (Lipinski definition) is 1. The van der Waals surface area contributed by atoms with Gasteiger partial charge in [-0.25, -0.2) is 0 Å². The number of aliphatic hydroxyl groups is 1. The van der Waals surface area contributed by atoms with E-state index in [0.717, 1.165) is 17.9 Å². The van der Waals surface area contributed by atoms with Crippen LogP contribution >= 0.6 is 11.8 Å². The van der Waals surface area contributed by atoms with Crippen LogP contribution in [0.4, 0.5) is 0 Å². The van der Waals surface area contributed by atoms with E-state index < -0.39 is 5.60 Å². The lowest BCUT2D eigenvalue weighted by Crippen LogP contribution is -2.42. The molecule has 0 aromatic rings. The zero-order chi connectivity index (χ0) is 10.8. The van der Waals surface area contributed by atoms with E-state index in [2.05, 4.69) is 0 Å². The molecule has 3 nitrogen and oxygen atoms in total. The quantitative estimate of drug-likeness (QED) is 0.766. The second-order valence-corrected chi connectivity index (χ2v) is 5.72. The van der Waals surface area contributed by atoms with Gasteiger partial charge in [-0.2, -0.15) is 11.8 Å². The van der Waals surface area contributed by atoms with Crippen LogP contribution in [0.1, 0.15) is 20.3 Å². The smallest absolute Gasteiger partial charge is 0.226 e. The number of likely N-dealkylation sites (N-methyl/N-ethyl adjacent to an activating group) is 1. The van der Waals surface area contributed by atoms with Crippen molar-refractivity contribution in [1.29, 1.82) is 0 Å². The average molecular weight is 217 g/mol. The van der Waals surface area contributed by atoms with E-state index in [1.165, 1.54) is 0 Å². The second-order valence-electron chi connectivity index (χ2n) is 4.57. The van der Waals surface area contributed by atoms with E-state index in [0.29, 0.717) is 6.54 Å². The Labute approximate surface area is 89.9 Å². The normalized spacial score (nSPS) is 22.4. The maximum absolute atomic E-state index is 11.8. The number of nitrogens with zero attached hydrogens (tertiary/aromatic N) is 1. The molecule has 1 fully saturated rings. The molecule has 1 heterocycles. The van der Waals surface area contributed by atoms with Crippen molar-refractivity contribution >= 4 is 17.7 Å². The number of rotatable bonds is 3. The molecule has 0 radical (unpaired) electrons. The minimum absolute atomic E-state index is 0.173. The lowest BCUT2D eigenvalue weighted by atomic mass is 10.1. The van der Waals surface area contributed by atoms with Crippen LogP contribution in [0, 0.1) is 5.92 Å². The van der Waals surface area contributed by atoms with Crippen LogP contribution in [0.15, 0.2) is 0 Å². The summed E-state index contributed by atoms with van der Waals surface area (Å²) in [5.41, 5.74) is -0.795. The molecular weight excluding hydrogens is 198 g/mol. The van der Waals surface area contributed by atoms with Gasteiger partial charge in [0.15, 0.2) is 0 Å². The van der Waals surface area contributed by atoms with E-state index >= 15 is 0 Å². The Morgan fingerprint density at radius 3 is 2.71 bits per heavy atom. The highest BCUT2D eigenvalue weighted by molar-refractivity contribution is 7.99. The summed E-state index contributed by atoms with van der Waals surface area (Å²) in [7, 11) is 1.77. The van der Waals surface area contributed by atoms with Gasteiger partial charge in [-0.05, 0) is 26.0 Å². The zero-order valence-corrected chi connectivity index (χ0v) is 9.93. The highest BCUT2D eigenvalue weighted by Gasteiger charge is 2.28. The van der Waals surface area contributed by atoms with Gasteiger partial charge in [0.05, 0.1) is 5.60 Å². The molecule has 1 aliphatic rings. The van der Waals surface area contributed by atoms with Gasteiger partial charge < -0.3 is 10.0 Å². The van der Waals surface area contributed by atoms with Crippen molar-refractivity contribution in [1.82, 2.24) is 4.90 Å². The van der Waals surface area contributed by atoms with Crippen molar-refractivity contribution in [3.05, 3.63) is 0 Å². The second kappa shape index (κ2) is 4.53. The fourth-order valence-electron chi connectivity index (χ4n) is 1.70. The summed E-state index contributed by atoms with van der Waals surface area (Å²) in [6.07, 6.45) is 0.986. The zero-order valence-electron chi connectivity index (χ0n) is 9.12. The molecule has 1 N–H and O–H groups in total. The first kappa shape index (κ1) is 11.9. The first-order valence-corrected chi connectivity index (χ1v) is 6.11. The van der Waals surface area contributed by atoms with Crippen LogP contribution < -0.4 is 0 Å². The number of hydrogen-bond acceptors (Lipinski definition) is 3. The molecule has 82 valence electrons. The molecule has 0 aromatic carbocycles. The summed E-state index contributed by atoms with van der Waals surface area (Å²) in [6.45, 7) is 3.85. The minimum Gasteiger partial charge on any atom is -0.389 e. The van der Waals surface area contributed by atoms with Crippen LogP contribution in [-0.2, 0) is 4.79 Å². The maximum Gasteiger partial charge on any atom is 0.226 e. The Bertz CT molecular complexity index is 207. The standard InChI is InChI=1S/C10H19NO2S/c1-10(2,13)7-11(3)9(12)8-4-5-14-6-8/h8,13H,4-7H2,1-3H3. The van der Waals surface area contributed by atoms with Crippen molar-refractivity contribution in [3.8, 4) is 0 Å². The molecule has 0 aromatic heterocycles. The summed E-state index contributed by atoms with van der Waals surface area (Å²) < 4.78 is 0. The van der Waals surface area contributed by atoms with E-state index in [1.54, 1.807) is 25.8 Å². The highest BCUT2D eigenvalue weighted by atomic mass is 32.2. The van der Waals surface area contributed by atoms with E-state index in [-0.39, 0.29) is 11.8 Å². The lowest BCUT2D eigenvalue weighted by molar-refractivity contribution is -0.136. The summed E-state index contributed by atoms with van der Waals surface area (Å²) in [4.78, 5) is 13.5. The molecule has 0 spiro atoms. The largest absolute Gasteiger partial charge is 0.389 e. The van der Waals surface area contributed by atoms with Gasteiger partial charge in [0.1, 0.15) is 0 Å². The number of amides is 1. The van der Waals surface area contributed by atoms with Crippen molar-refractivity contribution in [2.75, 3.05) is 25.1 Å².